The van der Waals surface area contributed by atoms with Gasteiger partial charge in [0.05, 0.1) is 18.8 Å². The molecular weight excluding hydrogens is 166 g/mol. The van der Waals surface area contributed by atoms with Crippen molar-refractivity contribution in [2.24, 2.45) is 5.73 Å². The second kappa shape index (κ2) is 5.58. The molecule has 0 aromatic heterocycles. The zero-order valence-electron chi connectivity index (χ0n) is 8.66. The normalized spacial score (nSPS) is 31.6. The maximum Gasteiger partial charge on any atom is 0.0618 e. The van der Waals surface area contributed by atoms with Crippen LogP contribution in [0.4, 0.5) is 0 Å². The van der Waals surface area contributed by atoms with Gasteiger partial charge in [0.1, 0.15) is 0 Å². The molecule has 0 aromatic carbocycles. The van der Waals surface area contributed by atoms with Crippen LogP contribution in [-0.2, 0) is 9.47 Å². The first-order chi connectivity index (χ1) is 6.22. The number of rotatable bonds is 4. The van der Waals surface area contributed by atoms with Crippen molar-refractivity contribution in [3.05, 3.63) is 0 Å². The first-order valence-electron chi connectivity index (χ1n) is 5.12. The Balaban J connectivity index is 2.18. The van der Waals surface area contributed by atoms with Crippen LogP contribution in [0, 0.1) is 0 Å². The van der Waals surface area contributed by atoms with Gasteiger partial charge in [0, 0.05) is 13.2 Å². The standard InChI is InChI=1S/C10H21NO2/c1-8(11)7-13-10-5-3-4-9(6-10)12-2/h8-10H,3-7,11H2,1-2H3/t8-,9?,10?/m0/s1. The van der Waals surface area contributed by atoms with Crippen molar-refractivity contribution in [1.29, 1.82) is 0 Å². The molecule has 1 saturated carbocycles. The topological polar surface area (TPSA) is 44.5 Å². The molecule has 1 fully saturated rings. The molecule has 3 nitrogen and oxygen atoms in total. The van der Waals surface area contributed by atoms with E-state index in [0.717, 1.165) is 12.8 Å². The lowest BCUT2D eigenvalue weighted by atomic mass is 9.95. The van der Waals surface area contributed by atoms with E-state index >= 15 is 0 Å². The highest BCUT2D eigenvalue weighted by Crippen LogP contribution is 2.22. The molecule has 0 saturated heterocycles. The average Bonchev–Trinajstić information content (AvgIpc) is 2.15. The van der Waals surface area contributed by atoms with Gasteiger partial charge in [0.25, 0.3) is 0 Å². The first-order valence-corrected chi connectivity index (χ1v) is 5.12. The minimum Gasteiger partial charge on any atom is -0.381 e. The largest absolute Gasteiger partial charge is 0.381 e. The molecule has 3 heteroatoms. The molecule has 2 unspecified atom stereocenters. The van der Waals surface area contributed by atoms with E-state index in [9.17, 15) is 0 Å². The van der Waals surface area contributed by atoms with Crippen molar-refractivity contribution < 1.29 is 9.47 Å². The van der Waals surface area contributed by atoms with Crippen molar-refractivity contribution in [3.8, 4) is 0 Å². The van der Waals surface area contributed by atoms with Gasteiger partial charge < -0.3 is 15.2 Å². The number of ether oxygens (including phenoxy) is 2. The van der Waals surface area contributed by atoms with Crippen LogP contribution in [0.2, 0.25) is 0 Å². The molecule has 1 aliphatic carbocycles. The third-order valence-corrected chi connectivity index (χ3v) is 2.51. The van der Waals surface area contributed by atoms with E-state index < -0.39 is 0 Å². The summed E-state index contributed by atoms with van der Waals surface area (Å²) in [5, 5.41) is 0. The summed E-state index contributed by atoms with van der Waals surface area (Å²) >= 11 is 0. The monoisotopic (exact) mass is 187 g/mol. The molecule has 0 aliphatic heterocycles. The smallest absolute Gasteiger partial charge is 0.0618 e. The van der Waals surface area contributed by atoms with Crippen LogP contribution < -0.4 is 5.73 Å². The van der Waals surface area contributed by atoms with Crippen LogP contribution >= 0.6 is 0 Å². The predicted molar refractivity (Wildman–Crippen MR) is 52.7 cm³/mol. The Morgan fingerprint density at radius 1 is 1.38 bits per heavy atom. The SMILES string of the molecule is COC1CCCC(OC[C@H](C)N)C1. The number of nitrogens with two attached hydrogens (primary N) is 1. The minimum atomic E-state index is 0.142. The van der Waals surface area contributed by atoms with Crippen LogP contribution in [0.5, 0.6) is 0 Å². The molecule has 2 N–H and O–H groups in total. The molecule has 78 valence electrons. The highest BCUT2D eigenvalue weighted by Gasteiger charge is 2.22. The van der Waals surface area contributed by atoms with E-state index in [1.54, 1.807) is 7.11 Å². The summed E-state index contributed by atoms with van der Waals surface area (Å²) in [6, 6.07) is 0.142. The Morgan fingerprint density at radius 2 is 2.08 bits per heavy atom. The predicted octanol–water partition coefficient (Wildman–Crippen LogP) is 1.31. The zero-order valence-corrected chi connectivity index (χ0v) is 8.66. The van der Waals surface area contributed by atoms with Gasteiger partial charge >= 0.3 is 0 Å². The van der Waals surface area contributed by atoms with Crippen molar-refractivity contribution >= 4 is 0 Å². The second-order valence-corrected chi connectivity index (χ2v) is 3.96. The van der Waals surface area contributed by atoms with E-state index in [1.165, 1.54) is 12.8 Å². The lowest BCUT2D eigenvalue weighted by Gasteiger charge is -2.28. The Morgan fingerprint density at radius 3 is 2.69 bits per heavy atom. The summed E-state index contributed by atoms with van der Waals surface area (Å²) in [5.41, 5.74) is 5.62. The molecule has 0 bridgehead atoms. The lowest BCUT2D eigenvalue weighted by Crippen LogP contribution is -2.31. The van der Waals surface area contributed by atoms with E-state index in [-0.39, 0.29) is 6.04 Å². The van der Waals surface area contributed by atoms with Crippen LogP contribution in [0.15, 0.2) is 0 Å². The fraction of sp³-hybridized carbons (Fsp3) is 1.00. The zero-order chi connectivity index (χ0) is 9.68. The van der Waals surface area contributed by atoms with Gasteiger partial charge in [-0.25, -0.2) is 0 Å². The lowest BCUT2D eigenvalue weighted by molar-refractivity contribution is -0.0320. The molecule has 13 heavy (non-hydrogen) atoms. The van der Waals surface area contributed by atoms with Crippen molar-refractivity contribution in [2.75, 3.05) is 13.7 Å². The summed E-state index contributed by atoms with van der Waals surface area (Å²) in [6.07, 6.45) is 5.34. The van der Waals surface area contributed by atoms with Gasteiger partial charge in [-0.3, -0.25) is 0 Å². The van der Waals surface area contributed by atoms with Gasteiger partial charge in [0.2, 0.25) is 0 Å². The average molecular weight is 187 g/mol. The highest BCUT2D eigenvalue weighted by atomic mass is 16.5. The fourth-order valence-electron chi connectivity index (χ4n) is 1.76. The number of methoxy groups -OCH3 is 1. The van der Waals surface area contributed by atoms with Gasteiger partial charge in [-0.1, -0.05) is 0 Å². The quantitative estimate of drug-likeness (QED) is 0.721. The summed E-state index contributed by atoms with van der Waals surface area (Å²) in [7, 11) is 1.78. The minimum absolute atomic E-state index is 0.142. The van der Waals surface area contributed by atoms with Crippen LogP contribution in [0.25, 0.3) is 0 Å². The molecule has 0 amide bonds. The van der Waals surface area contributed by atoms with E-state index in [2.05, 4.69) is 0 Å². The Labute approximate surface area is 80.6 Å². The third-order valence-electron chi connectivity index (χ3n) is 2.51. The first kappa shape index (κ1) is 11.0. The Kier molecular flexibility index (Phi) is 4.70. The summed E-state index contributed by atoms with van der Waals surface area (Å²) < 4.78 is 11.0. The van der Waals surface area contributed by atoms with Gasteiger partial charge in [-0.15, -0.1) is 0 Å². The summed E-state index contributed by atoms with van der Waals surface area (Å²) in [6.45, 7) is 2.64. The molecular formula is C10H21NO2. The fourth-order valence-corrected chi connectivity index (χ4v) is 1.76. The summed E-state index contributed by atoms with van der Waals surface area (Å²) in [4.78, 5) is 0. The Hall–Kier alpha value is -0.120. The van der Waals surface area contributed by atoms with Gasteiger partial charge in [0.15, 0.2) is 0 Å². The van der Waals surface area contributed by atoms with Crippen molar-refractivity contribution in [1.82, 2.24) is 0 Å². The number of hydrogen-bond acceptors (Lipinski definition) is 3. The molecule has 0 spiro atoms. The molecule has 3 atom stereocenters. The number of hydrogen-bond donors (Lipinski definition) is 1. The molecule has 1 rings (SSSR count). The van der Waals surface area contributed by atoms with Crippen LogP contribution in [-0.4, -0.2) is 32.0 Å². The van der Waals surface area contributed by atoms with Crippen LogP contribution in [0.3, 0.4) is 0 Å². The Bertz CT molecular complexity index is 139. The van der Waals surface area contributed by atoms with E-state index in [0.29, 0.717) is 18.8 Å². The molecule has 0 aromatic rings. The molecule has 1 aliphatic rings. The van der Waals surface area contributed by atoms with Crippen LogP contribution in [0.1, 0.15) is 32.6 Å². The second-order valence-electron chi connectivity index (χ2n) is 3.96. The highest BCUT2D eigenvalue weighted by molar-refractivity contribution is 4.73. The van der Waals surface area contributed by atoms with Crippen molar-refractivity contribution in [3.63, 3.8) is 0 Å². The maximum atomic E-state index is 5.67. The third kappa shape index (κ3) is 4.07. The van der Waals surface area contributed by atoms with Gasteiger partial charge in [-0.2, -0.15) is 0 Å². The van der Waals surface area contributed by atoms with Crippen molar-refractivity contribution in [2.45, 2.75) is 50.9 Å². The van der Waals surface area contributed by atoms with E-state index in [4.69, 9.17) is 15.2 Å². The van der Waals surface area contributed by atoms with E-state index in [1.807, 2.05) is 6.92 Å². The summed E-state index contributed by atoms with van der Waals surface area (Å²) in [5.74, 6) is 0. The molecule has 0 heterocycles. The molecule has 0 radical (unpaired) electrons. The van der Waals surface area contributed by atoms with Gasteiger partial charge in [-0.05, 0) is 32.6 Å². The maximum absolute atomic E-state index is 5.67.